The zero-order chi connectivity index (χ0) is 22.5. The molecule has 1 atom stereocenters. The normalized spacial score (nSPS) is 11.8. The van der Waals surface area contributed by atoms with E-state index in [0.29, 0.717) is 43.5 Å². The first-order valence-electron chi connectivity index (χ1n) is 10.4. The maximum absolute atomic E-state index is 13.9. The van der Waals surface area contributed by atoms with Crippen LogP contribution in [0.2, 0.25) is 0 Å². The van der Waals surface area contributed by atoms with Gasteiger partial charge in [-0.05, 0) is 43.2 Å². The van der Waals surface area contributed by atoms with E-state index < -0.39 is 0 Å². The highest BCUT2D eigenvalue weighted by atomic mass is 127. The van der Waals surface area contributed by atoms with Gasteiger partial charge in [0, 0.05) is 6.54 Å². The molecule has 32 heavy (non-hydrogen) atoms. The van der Waals surface area contributed by atoms with E-state index in [1.165, 1.54) is 6.07 Å². The molecule has 0 aliphatic heterocycles. The Labute approximate surface area is 206 Å². The van der Waals surface area contributed by atoms with Crippen LogP contribution in [0.15, 0.2) is 47.5 Å². The molecule has 0 amide bonds. The molecule has 0 heterocycles. The molecule has 0 bridgehead atoms. The minimum absolute atomic E-state index is 0. The van der Waals surface area contributed by atoms with E-state index in [2.05, 4.69) is 15.6 Å². The van der Waals surface area contributed by atoms with E-state index in [-0.39, 0.29) is 54.9 Å². The number of ether oxygens (including phenoxy) is 3. The summed E-state index contributed by atoms with van der Waals surface area (Å²) in [7, 11) is 1.57. The van der Waals surface area contributed by atoms with Crippen molar-refractivity contribution < 1.29 is 23.7 Å². The minimum atomic E-state index is -0.373. The molecule has 0 aromatic heterocycles. The van der Waals surface area contributed by atoms with Gasteiger partial charge in [-0.3, -0.25) is 0 Å². The summed E-state index contributed by atoms with van der Waals surface area (Å²) in [6.07, 6.45) is 0.511. The molecular weight excluding hydrogens is 528 g/mol. The van der Waals surface area contributed by atoms with E-state index in [9.17, 15) is 4.39 Å². The third-order valence-corrected chi connectivity index (χ3v) is 4.42. The second-order valence-electron chi connectivity index (χ2n) is 6.71. The third-order valence-electron chi connectivity index (χ3n) is 4.42. The van der Waals surface area contributed by atoms with Crippen molar-refractivity contribution in [2.45, 2.75) is 32.9 Å². The van der Waals surface area contributed by atoms with E-state index in [4.69, 9.17) is 19.3 Å². The molecule has 0 saturated carbocycles. The highest BCUT2D eigenvalue weighted by molar-refractivity contribution is 14.0. The Bertz CT molecular complexity index is 839. The van der Waals surface area contributed by atoms with Crippen molar-refractivity contribution in [1.29, 1.82) is 0 Å². The number of aliphatic imine (C=N–C) groups is 1. The van der Waals surface area contributed by atoms with Gasteiger partial charge < -0.3 is 30.0 Å². The fourth-order valence-corrected chi connectivity index (χ4v) is 2.80. The summed E-state index contributed by atoms with van der Waals surface area (Å²) in [6, 6.07) is 12.0. The zero-order valence-electron chi connectivity index (χ0n) is 18.8. The second kappa shape index (κ2) is 15.5. The van der Waals surface area contributed by atoms with Crippen molar-refractivity contribution in [2.75, 3.05) is 33.4 Å². The molecule has 9 heteroatoms. The van der Waals surface area contributed by atoms with Gasteiger partial charge in [0.25, 0.3) is 0 Å². The van der Waals surface area contributed by atoms with E-state index in [0.717, 1.165) is 5.56 Å². The van der Waals surface area contributed by atoms with Crippen LogP contribution >= 0.6 is 24.0 Å². The summed E-state index contributed by atoms with van der Waals surface area (Å²) >= 11 is 0. The Morgan fingerprint density at radius 2 is 1.88 bits per heavy atom. The summed E-state index contributed by atoms with van der Waals surface area (Å²) in [4.78, 5) is 4.61. The lowest BCUT2D eigenvalue weighted by atomic mass is 10.2. The monoisotopic (exact) mass is 561 g/mol. The van der Waals surface area contributed by atoms with Crippen molar-refractivity contribution in [1.82, 2.24) is 10.6 Å². The summed E-state index contributed by atoms with van der Waals surface area (Å²) in [5, 5.41) is 15.4. The highest BCUT2D eigenvalue weighted by Crippen LogP contribution is 2.28. The van der Waals surface area contributed by atoms with Crippen LogP contribution in [0.3, 0.4) is 0 Å². The van der Waals surface area contributed by atoms with Gasteiger partial charge in [-0.2, -0.15) is 0 Å². The topological polar surface area (TPSA) is 84.3 Å². The summed E-state index contributed by atoms with van der Waals surface area (Å²) in [5.74, 6) is 1.67. The van der Waals surface area contributed by atoms with Gasteiger partial charge in [-0.25, -0.2) is 9.38 Å². The number of benzene rings is 2. The molecule has 0 radical (unpaired) electrons. The quantitative estimate of drug-likeness (QED) is 0.208. The Balaban J connectivity index is 0.00000512. The number of methoxy groups -OCH3 is 1. The number of aliphatic hydroxyl groups is 1. The first kappa shape index (κ1) is 27.8. The van der Waals surface area contributed by atoms with E-state index in [1.807, 2.05) is 26.0 Å². The molecule has 1 unspecified atom stereocenters. The number of guanidine groups is 1. The molecular formula is C23H33FIN3O4. The van der Waals surface area contributed by atoms with Crippen molar-refractivity contribution in [3.05, 3.63) is 53.8 Å². The highest BCUT2D eigenvalue weighted by Gasteiger charge is 2.12. The average molecular weight is 561 g/mol. The van der Waals surface area contributed by atoms with Crippen LogP contribution in [0.1, 0.15) is 25.8 Å². The Morgan fingerprint density at radius 1 is 1.09 bits per heavy atom. The Morgan fingerprint density at radius 3 is 2.53 bits per heavy atom. The summed E-state index contributed by atoms with van der Waals surface area (Å²) in [6.45, 7) is 5.73. The maximum atomic E-state index is 13.9. The number of hydrogen-bond donors (Lipinski definition) is 3. The predicted octanol–water partition coefficient (Wildman–Crippen LogP) is 3.74. The predicted molar refractivity (Wildman–Crippen MR) is 135 cm³/mol. The lowest BCUT2D eigenvalue weighted by Gasteiger charge is -2.20. The van der Waals surface area contributed by atoms with Crippen LogP contribution in [0.25, 0.3) is 0 Å². The lowest BCUT2D eigenvalue weighted by Crippen LogP contribution is -2.42. The molecule has 0 aliphatic carbocycles. The van der Waals surface area contributed by atoms with Gasteiger partial charge in [0.15, 0.2) is 29.0 Å². The smallest absolute Gasteiger partial charge is 0.191 e. The average Bonchev–Trinajstić information content (AvgIpc) is 2.79. The van der Waals surface area contributed by atoms with Crippen molar-refractivity contribution >= 4 is 29.9 Å². The first-order chi connectivity index (χ1) is 15.1. The van der Waals surface area contributed by atoms with E-state index >= 15 is 0 Å². The Kier molecular flexibility index (Phi) is 13.5. The van der Waals surface area contributed by atoms with Crippen molar-refractivity contribution in [3.8, 4) is 17.2 Å². The molecule has 0 saturated heterocycles. The molecule has 0 fully saturated rings. The number of hydrogen-bond acceptors (Lipinski definition) is 5. The number of para-hydroxylation sites is 1. The zero-order valence-corrected chi connectivity index (χ0v) is 21.1. The first-order valence-corrected chi connectivity index (χ1v) is 10.4. The van der Waals surface area contributed by atoms with Crippen molar-refractivity contribution in [2.24, 2.45) is 4.99 Å². The van der Waals surface area contributed by atoms with Crippen LogP contribution in [-0.4, -0.2) is 50.6 Å². The Hall–Kier alpha value is -2.27. The van der Waals surface area contributed by atoms with Crippen LogP contribution in [0, 0.1) is 5.82 Å². The molecule has 2 aromatic carbocycles. The lowest BCUT2D eigenvalue weighted by molar-refractivity contribution is 0.191. The van der Waals surface area contributed by atoms with Gasteiger partial charge in [-0.15, -0.1) is 24.0 Å². The van der Waals surface area contributed by atoms with Gasteiger partial charge in [0.2, 0.25) is 0 Å². The van der Waals surface area contributed by atoms with Crippen molar-refractivity contribution in [3.63, 3.8) is 0 Å². The van der Waals surface area contributed by atoms with E-state index in [1.54, 1.807) is 31.4 Å². The van der Waals surface area contributed by atoms with Gasteiger partial charge in [0.1, 0.15) is 12.7 Å². The molecule has 0 spiro atoms. The number of halogens is 2. The van der Waals surface area contributed by atoms with Crippen LogP contribution in [0.4, 0.5) is 4.39 Å². The van der Waals surface area contributed by atoms with Crippen LogP contribution < -0.4 is 24.8 Å². The minimum Gasteiger partial charge on any atom is -0.493 e. The largest absolute Gasteiger partial charge is 0.493 e. The molecule has 0 aliphatic rings. The number of nitrogens with zero attached hydrogens (tertiary/aromatic N) is 1. The van der Waals surface area contributed by atoms with Crippen LogP contribution in [0.5, 0.6) is 17.2 Å². The SMILES string of the molecule is CCNC(=NCc1ccc(OCCO)c(OC)c1)NCC(CC)Oc1ccccc1F.I. The van der Waals surface area contributed by atoms with Gasteiger partial charge in [0.05, 0.1) is 26.8 Å². The molecule has 2 rings (SSSR count). The molecule has 3 N–H and O–H groups in total. The summed E-state index contributed by atoms with van der Waals surface area (Å²) in [5.41, 5.74) is 0.944. The summed E-state index contributed by atoms with van der Waals surface area (Å²) < 4.78 is 30.5. The number of aliphatic hydroxyl groups excluding tert-OH is 1. The maximum Gasteiger partial charge on any atom is 0.191 e. The molecule has 2 aromatic rings. The molecule has 7 nitrogen and oxygen atoms in total. The van der Waals surface area contributed by atoms with Gasteiger partial charge >= 0.3 is 0 Å². The fraction of sp³-hybridized carbons (Fsp3) is 0.435. The van der Waals surface area contributed by atoms with Gasteiger partial charge in [-0.1, -0.05) is 25.1 Å². The fourth-order valence-electron chi connectivity index (χ4n) is 2.80. The molecule has 178 valence electrons. The number of nitrogens with one attached hydrogen (secondary N) is 2. The second-order valence-corrected chi connectivity index (χ2v) is 6.71. The number of rotatable bonds is 12. The standard InChI is InChI=1S/C23H32FN3O4.HI/c1-4-18(31-20-9-7-6-8-19(20)24)16-27-23(25-5-2)26-15-17-10-11-21(30-13-12-28)22(14-17)29-3;/h6-11,14,18,28H,4-5,12-13,15-16H2,1-3H3,(H2,25,26,27);1H. The van der Waals surface area contributed by atoms with Crippen LogP contribution in [-0.2, 0) is 6.54 Å². The third kappa shape index (κ3) is 9.07.